The Hall–Kier alpha value is -2.24. The van der Waals surface area contributed by atoms with Crippen LogP contribution in [0.4, 0.5) is 0 Å². The summed E-state index contributed by atoms with van der Waals surface area (Å²) in [5.41, 5.74) is 2.47. The molecule has 0 radical (unpaired) electrons. The van der Waals surface area contributed by atoms with E-state index in [9.17, 15) is 0 Å². The van der Waals surface area contributed by atoms with Gasteiger partial charge in [-0.1, -0.05) is 17.7 Å². The molecule has 3 rings (SSSR count). The minimum Gasteiger partial charge on any atom is -0.303 e. The molecule has 1 N–H and O–H groups in total. The highest BCUT2D eigenvalue weighted by molar-refractivity contribution is 5.45. The Morgan fingerprint density at radius 2 is 2.05 bits per heavy atom. The van der Waals surface area contributed by atoms with Crippen molar-refractivity contribution < 1.29 is 0 Å². The van der Waals surface area contributed by atoms with E-state index in [0.717, 1.165) is 37.0 Å². The summed E-state index contributed by atoms with van der Waals surface area (Å²) in [6.07, 6.45) is 9.16. The van der Waals surface area contributed by atoms with Gasteiger partial charge in [-0.25, -0.2) is 4.98 Å². The zero-order chi connectivity index (χ0) is 12.9. The molecule has 0 aromatic carbocycles. The molecule has 0 amide bonds. The number of aryl methyl sites for hydroxylation is 2. The zero-order valence-electron chi connectivity index (χ0n) is 10.7. The van der Waals surface area contributed by atoms with Gasteiger partial charge in [0.05, 0.1) is 18.0 Å². The number of imidazole rings is 1. The molecule has 3 heterocycles. The predicted molar refractivity (Wildman–Crippen MR) is 70.6 cm³/mol. The number of unbranched alkanes of at least 4 members (excludes halogenated alkanes) is 2. The lowest BCUT2D eigenvalue weighted by molar-refractivity contribution is 0.654. The molecule has 3 aromatic heterocycles. The van der Waals surface area contributed by atoms with E-state index in [0.29, 0.717) is 0 Å². The second kappa shape index (κ2) is 5.60. The van der Waals surface area contributed by atoms with Crippen molar-refractivity contribution in [3.8, 4) is 0 Å². The number of tetrazole rings is 1. The average molecular weight is 256 g/mol. The Kier molecular flexibility index (Phi) is 3.49. The molecule has 6 heteroatoms. The van der Waals surface area contributed by atoms with Crippen LogP contribution in [0.25, 0.3) is 5.52 Å². The standard InChI is InChI=1S/C13H16N6/c1(3-8-13-15-17-18-16-13)2-5-11-6-4-7-12-9-14-10-19(11)12/h4,6-7,9-10H,1-3,5,8H2,(H,15,16,17,18). The average Bonchev–Trinajstić information content (AvgIpc) is 3.09. The minimum atomic E-state index is 0.803. The quantitative estimate of drug-likeness (QED) is 0.683. The maximum atomic E-state index is 4.18. The van der Waals surface area contributed by atoms with Crippen LogP contribution >= 0.6 is 0 Å². The summed E-state index contributed by atoms with van der Waals surface area (Å²) in [6, 6.07) is 6.33. The first kappa shape index (κ1) is 11.8. The van der Waals surface area contributed by atoms with Gasteiger partial charge in [0.2, 0.25) is 0 Å². The summed E-state index contributed by atoms with van der Waals surface area (Å²) >= 11 is 0. The predicted octanol–water partition coefficient (Wildman–Crippen LogP) is 1.80. The molecule has 0 bridgehead atoms. The number of aromatic amines is 1. The summed E-state index contributed by atoms with van der Waals surface area (Å²) in [5, 5.41) is 13.9. The van der Waals surface area contributed by atoms with Crippen molar-refractivity contribution in [3.63, 3.8) is 0 Å². The molecule has 0 saturated heterocycles. The van der Waals surface area contributed by atoms with Crippen molar-refractivity contribution in [2.45, 2.75) is 32.1 Å². The highest BCUT2D eigenvalue weighted by atomic mass is 15.5. The summed E-state index contributed by atoms with van der Waals surface area (Å²) in [7, 11) is 0. The zero-order valence-corrected chi connectivity index (χ0v) is 10.7. The first-order valence-electron chi connectivity index (χ1n) is 6.56. The molecule has 98 valence electrons. The van der Waals surface area contributed by atoms with Crippen molar-refractivity contribution in [1.82, 2.24) is 30.0 Å². The van der Waals surface area contributed by atoms with E-state index in [-0.39, 0.29) is 0 Å². The van der Waals surface area contributed by atoms with E-state index < -0.39 is 0 Å². The smallest absolute Gasteiger partial charge is 0.174 e. The lowest BCUT2D eigenvalue weighted by Gasteiger charge is -2.04. The molecule has 3 aromatic rings. The summed E-state index contributed by atoms with van der Waals surface area (Å²) in [4.78, 5) is 4.18. The second-order valence-corrected chi connectivity index (χ2v) is 4.59. The molecule has 19 heavy (non-hydrogen) atoms. The van der Waals surface area contributed by atoms with Gasteiger partial charge in [0.15, 0.2) is 5.82 Å². The Labute approximate surface area is 110 Å². The first-order valence-corrected chi connectivity index (χ1v) is 6.56. The lowest BCUT2D eigenvalue weighted by Crippen LogP contribution is -1.96. The Balaban J connectivity index is 1.48. The Bertz CT molecular complexity index is 627. The van der Waals surface area contributed by atoms with Crippen LogP contribution in [0.5, 0.6) is 0 Å². The molecule has 0 aliphatic heterocycles. The van der Waals surface area contributed by atoms with Crippen LogP contribution in [0.3, 0.4) is 0 Å². The van der Waals surface area contributed by atoms with Gasteiger partial charge in [-0.05, 0) is 31.4 Å². The van der Waals surface area contributed by atoms with E-state index in [1.807, 2.05) is 12.5 Å². The third-order valence-corrected chi connectivity index (χ3v) is 3.25. The highest BCUT2D eigenvalue weighted by Gasteiger charge is 2.01. The van der Waals surface area contributed by atoms with Crippen molar-refractivity contribution in [2.24, 2.45) is 0 Å². The minimum absolute atomic E-state index is 0.803. The molecule has 0 spiro atoms. The fraction of sp³-hybridized carbons (Fsp3) is 0.385. The van der Waals surface area contributed by atoms with Crippen LogP contribution in [-0.2, 0) is 12.8 Å². The van der Waals surface area contributed by atoms with Crippen molar-refractivity contribution in [3.05, 3.63) is 42.2 Å². The highest BCUT2D eigenvalue weighted by Crippen LogP contribution is 2.11. The van der Waals surface area contributed by atoms with E-state index in [1.165, 1.54) is 12.1 Å². The number of fused-ring (bicyclic) bond motifs is 1. The third kappa shape index (κ3) is 2.78. The third-order valence-electron chi connectivity index (χ3n) is 3.25. The molecule has 0 aliphatic rings. The second-order valence-electron chi connectivity index (χ2n) is 4.59. The monoisotopic (exact) mass is 256 g/mol. The van der Waals surface area contributed by atoms with Crippen LogP contribution in [-0.4, -0.2) is 30.0 Å². The number of hydrogen-bond acceptors (Lipinski definition) is 4. The van der Waals surface area contributed by atoms with E-state index in [4.69, 9.17) is 0 Å². The maximum Gasteiger partial charge on any atom is 0.174 e. The molecule has 0 unspecified atom stereocenters. The number of nitrogens with zero attached hydrogens (tertiary/aromatic N) is 5. The van der Waals surface area contributed by atoms with Crippen LogP contribution < -0.4 is 0 Å². The van der Waals surface area contributed by atoms with Crippen LogP contribution in [0.15, 0.2) is 30.7 Å². The number of pyridine rings is 1. The fourth-order valence-electron chi connectivity index (χ4n) is 2.26. The van der Waals surface area contributed by atoms with Gasteiger partial charge in [0.1, 0.15) is 0 Å². The Morgan fingerprint density at radius 3 is 2.95 bits per heavy atom. The molecule has 0 saturated carbocycles. The van der Waals surface area contributed by atoms with Crippen LogP contribution in [0.1, 0.15) is 30.8 Å². The Morgan fingerprint density at radius 1 is 1.11 bits per heavy atom. The first-order chi connectivity index (χ1) is 9.43. The molecule has 6 nitrogen and oxygen atoms in total. The normalized spacial score (nSPS) is 11.2. The molecule has 0 fully saturated rings. The number of nitrogens with one attached hydrogen (secondary N) is 1. The van der Waals surface area contributed by atoms with Crippen LogP contribution in [0.2, 0.25) is 0 Å². The SMILES string of the molecule is c1cc(CCCCCc2nn[nH]n2)n2cncc2c1. The number of rotatable bonds is 6. The molecular weight excluding hydrogens is 240 g/mol. The number of H-pyrrole nitrogens is 1. The number of aromatic nitrogens is 6. The van der Waals surface area contributed by atoms with Gasteiger partial charge in [0, 0.05) is 12.1 Å². The summed E-state index contributed by atoms with van der Waals surface area (Å²) < 4.78 is 2.15. The number of hydrogen-bond donors (Lipinski definition) is 1. The summed E-state index contributed by atoms with van der Waals surface area (Å²) in [6.45, 7) is 0. The van der Waals surface area contributed by atoms with Gasteiger partial charge >= 0.3 is 0 Å². The van der Waals surface area contributed by atoms with Gasteiger partial charge in [0.25, 0.3) is 0 Å². The van der Waals surface area contributed by atoms with E-state index in [2.05, 4.69) is 48.2 Å². The topological polar surface area (TPSA) is 71.8 Å². The summed E-state index contributed by atoms with van der Waals surface area (Å²) in [5.74, 6) is 0.803. The van der Waals surface area contributed by atoms with E-state index in [1.54, 1.807) is 0 Å². The van der Waals surface area contributed by atoms with E-state index >= 15 is 0 Å². The van der Waals surface area contributed by atoms with Crippen molar-refractivity contribution >= 4 is 5.52 Å². The van der Waals surface area contributed by atoms with Crippen molar-refractivity contribution in [1.29, 1.82) is 0 Å². The van der Waals surface area contributed by atoms with Gasteiger partial charge in [-0.15, -0.1) is 10.2 Å². The van der Waals surface area contributed by atoms with Gasteiger partial charge < -0.3 is 4.40 Å². The van der Waals surface area contributed by atoms with Crippen molar-refractivity contribution in [2.75, 3.05) is 0 Å². The van der Waals surface area contributed by atoms with Gasteiger partial charge in [-0.3, -0.25) is 0 Å². The van der Waals surface area contributed by atoms with Crippen LogP contribution in [0, 0.1) is 0 Å². The maximum absolute atomic E-state index is 4.18. The molecule has 0 aliphatic carbocycles. The largest absolute Gasteiger partial charge is 0.303 e. The molecular formula is C13H16N6. The van der Waals surface area contributed by atoms with Gasteiger partial charge in [-0.2, -0.15) is 5.21 Å². The molecule has 0 atom stereocenters. The lowest BCUT2D eigenvalue weighted by atomic mass is 10.1. The fourth-order valence-corrected chi connectivity index (χ4v) is 2.26.